The lowest BCUT2D eigenvalue weighted by molar-refractivity contribution is -0.274. The maximum Gasteiger partial charge on any atom is 0.573 e. The van der Waals surface area contributed by atoms with Gasteiger partial charge in [0.15, 0.2) is 0 Å². The predicted octanol–water partition coefficient (Wildman–Crippen LogP) is 2.45. The number of halogens is 3. The van der Waals surface area contributed by atoms with Crippen LogP contribution in [0, 0.1) is 0 Å². The fourth-order valence-corrected chi connectivity index (χ4v) is 1.61. The van der Waals surface area contributed by atoms with Crippen LogP contribution in [0.1, 0.15) is 12.8 Å². The smallest absolute Gasteiger partial charge is 0.490 e. The number of benzene rings is 1. The second kappa shape index (κ2) is 4.44. The Morgan fingerprint density at radius 1 is 1.06 bits per heavy atom. The summed E-state index contributed by atoms with van der Waals surface area (Å²) in [4.78, 5) is 0. The first-order valence-electron chi connectivity index (χ1n) is 5.20. The molecule has 1 aliphatic rings. The second-order valence-electron chi connectivity index (χ2n) is 3.99. The zero-order chi connectivity index (χ0) is 12.5. The van der Waals surface area contributed by atoms with Crippen molar-refractivity contribution in [3.63, 3.8) is 0 Å². The zero-order valence-corrected chi connectivity index (χ0v) is 8.91. The molecule has 0 radical (unpaired) electrons. The molecule has 17 heavy (non-hydrogen) atoms. The molecule has 0 spiro atoms. The van der Waals surface area contributed by atoms with Crippen LogP contribution in [0.3, 0.4) is 0 Å². The standard InChI is InChI=1S/C11H12F3NO2/c12-11(13,14)17-9-3-1-8(2-4-9)16-10-5-7(15)6-10/h1-4,7,10H,5-6,15H2/t7-,10-. The lowest BCUT2D eigenvalue weighted by Gasteiger charge is -2.32. The number of nitrogens with two attached hydrogens (primary N) is 1. The third-order valence-electron chi connectivity index (χ3n) is 2.49. The van der Waals surface area contributed by atoms with Gasteiger partial charge in [-0.05, 0) is 37.1 Å². The maximum absolute atomic E-state index is 11.9. The molecule has 1 aromatic rings. The minimum atomic E-state index is -4.66. The van der Waals surface area contributed by atoms with E-state index < -0.39 is 6.36 Å². The molecule has 3 nitrogen and oxygen atoms in total. The molecule has 1 aliphatic carbocycles. The summed E-state index contributed by atoms with van der Waals surface area (Å²) in [6, 6.07) is 5.52. The van der Waals surface area contributed by atoms with E-state index in [1.165, 1.54) is 24.3 Å². The first kappa shape index (κ1) is 12.0. The molecule has 94 valence electrons. The van der Waals surface area contributed by atoms with Crippen LogP contribution in [0.15, 0.2) is 24.3 Å². The zero-order valence-electron chi connectivity index (χ0n) is 8.91. The van der Waals surface area contributed by atoms with Crippen molar-refractivity contribution in [3.8, 4) is 11.5 Å². The van der Waals surface area contributed by atoms with E-state index in [-0.39, 0.29) is 17.9 Å². The summed E-state index contributed by atoms with van der Waals surface area (Å²) in [7, 11) is 0. The second-order valence-corrected chi connectivity index (χ2v) is 3.99. The van der Waals surface area contributed by atoms with Gasteiger partial charge in [-0.15, -0.1) is 13.2 Å². The van der Waals surface area contributed by atoms with Gasteiger partial charge in [0.2, 0.25) is 0 Å². The molecule has 1 fully saturated rings. The van der Waals surface area contributed by atoms with Crippen LogP contribution in [0.2, 0.25) is 0 Å². The summed E-state index contributed by atoms with van der Waals surface area (Å²) < 4.78 is 44.9. The summed E-state index contributed by atoms with van der Waals surface area (Å²) in [5, 5.41) is 0. The Morgan fingerprint density at radius 3 is 2.06 bits per heavy atom. The quantitative estimate of drug-likeness (QED) is 0.892. The molecule has 1 aromatic carbocycles. The first-order valence-corrected chi connectivity index (χ1v) is 5.20. The number of hydrogen-bond donors (Lipinski definition) is 1. The van der Waals surface area contributed by atoms with E-state index >= 15 is 0 Å². The molecule has 0 saturated heterocycles. The van der Waals surface area contributed by atoms with Gasteiger partial charge in [0.25, 0.3) is 0 Å². The van der Waals surface area contributed by atoms with E-state index in [2.05, 4.69) is 4.74 Å². The van der Waals surface area contributed by atoms with Gasteiger partial charge in [-0.25, -0.2) is 0 Å². The van der Waals surface area contributed by atoms with Crippen molar-refractivity contribution in [2.24, 2.45) is 5.73 Å². The van der Waals surface area contributed by atoms with Gasteiger partial charge in [0, 0.05) is 6.04 Å². The summed E-state index contributed by atoms with van der Waals surface area (Å²) in [5.41, 5.74) is 5.59. The molecular weight excluding hydrogens is 235 g/mol. The van der Waals surface area contributed by atoms with Crippen molar-refractivity contribution < 1.29 is 22.6 Å². The Kier molecular flexibility index (Phi) is 3.15. The average Bonchev–Trinajstić information content (AvgIpc) is 2.16. The number of alkyl halides is 3. The van der Waals surface area contributed by atoms with E-state index in [4.69, 9.17) is 10.5 Å². The monoisotopic (exact) mass is 247 g/mol. The van der Waals surface area contributed by atoms with E-state index in [1.807, 2.05) is 0 Å². The largest absolute Gasteiger partial charge is 0.573 e. The van der Waals surface area contributed by atoms with Crippen molar-refractivity contribution in [1.29, 1.82) is 0 Å². The first-order chi connectivity index (χ1) is 7.92. The van der Waals surface area contributed by atoms with Gasteiger partial charge in [-0.1, -0.05) is 0 Å². The molecular formula is C11H12F3NO2. The highest BCUT2D eigenvalue weighted by molar-refractivity contribution is 5.31. The molecule has 2 N–H and O–H groups in total. The van der Waals surface area contributed by atoms with Crippen LogP contribution in [0.4, 0.5) is 13.2 Å². The summed E-state index contributed by atoms with van der Waals surface area (Å²) in [6.45, 7) is 0. The Morgan fingerprint density at radius 2 is 1.59 bits per heavy atom. The van der Waals surface area contributed by atoms with Crippen molar-refractivity contribution in [1.82, 2.24) is 0 Å². The molecule has 0 aromatic heterocycles. The molecule has 0 unspecified atom stereocenters. The van der Waals surface area contributed by atoms with Gasteiger partial charge in [-0.3, -0.25) is 0 Å². The van der Waals surface area contributed by atoms with Gasteiger partial charge in [-0.2, -0.15) is 0 Å². The van der Waals surface area contributed by atoms with E-state index in [0.29, 0.717) is 5.75 Å². The molecule has 0 amide bonds. The molecule has 2 rings (SSSR count). The molecule has 0 bridgehead atoms. The topological polar surface area (TPSA) is 44.5 Å². The number of rotatable bonds is 3. The van der Waals surface area contributed by atoms with Crippen LogP contribution in [0.25, 0.3) is 0 Å². The highest BCUT2D eigenvalue weighted by Crippen LogP contribution is 2.28. The minimum Gasteiger partial charge on any atom is -0.490 e. The van der Waals surface area contributed by atoms with E-state index in [1.54, 1.807) is 0 Å². The Hall–Kier alpha value is -1.43. The molecule has 0 atom stereocenters. The van der Waals surface area contributed by atoms with Gasteiger partial charge >= 0.3 is 6.36 Å². The number of hydrogen-bond acceptors (Lipinski definition) is 3. The number of ether oxygens (including phenoxy) is 2. The molecule has 6 heteroatoms. The highest BCUT2D eigenvalue weighted by atomic mass is 19.4. The predicted molar refractivity (Wildman–Crippen MR) is 54.8 cm³/mol. The molecule has 0 aliphatic heterocycles. The summed E-state index contributed by atoms with van der Waals surface area (Å²) >= 11 is 0. The van der Waals surface area contributed by atoms with Crippen LogP contribution < -0.4 is 15.2 Å². The minimum absolute atomic E-state index is 0.0689. The van der Waals surface area contributed by atoms with E-state index in [9.17, 15) is 13.2 Å². The van der Waals surface area contributed by atoms with E-state index in [0.717, 1.165) is 12.8 Å². The van der Waals surface area contributed by atoms with Crippen LogP contribution in [0.5, 0.6) is 11.5 Å². The van der Waals surface area contributed by atoms with Crippen molar-refractivity contribution in [2.75, 3.05) is 0 Å². The van der Waals surface area contributed by atoms with Gasteiger partial charge < -0.3 is 15.2 Å². The van der Waals surface area contributed by atoms with Crippen LogP contribution >= 0.6 is 0 Å². The fourth-order valence-electron chi connectivity index (χ4n) is 1.61. The lowest BCUT2D eigenvalue weighted by atomic mass is 9.90. The van der Waals surface area contributed by atoms with Crippen molar-refractivity contribution >= 4 is 0 Å². The maximum atomic E-state index is 11.9. The van der Waals surface area contributed by atoms with Crippen LogP contribution in [-0.4, -0.2) is 18.5 Å². The van der Waals surface area contributed by atoms with Crippen molar-refractivity contribution in [3.05, 3.63) is 24.3 Å². The van der Waals surface area contributed by atoms with Crippen molar-refractivity contribution in [2.45, 2.75) is 31.3 Å². The normalized spacial score (nSPS) is 24.0. The third kappa shape index (κ3) is 3.52. The Labute approximate surface area is 96.3 Å². The Bertz CT molecular complexity index is 371. The van der Waals surface area contributed by atoms with Crippen LogP contribution in [-0.2, 0) is 0 Å². The lowest BCUT2D eigenvalue weighted by Crippen LogP contribution is -2.43. The SMILES string of the molecule is N[C@H]1C[C@H](Oc2ccc(OC(F)(F)F)cc2)C1. The molecule has 0 heterocycles. The summed E-state index contributed by atoms with van der Waals surface area (Å²) in [5.74, 6) is 0.270. The summed E-state index contributed by atoms with van der Waals surface area (Å²) in [6.07, 6.45) is -3.04. The van der Waals surface area contributed by atoms with Gasteiger partial charge in [0.1, 0.15) is 17.6 Å². The highest BCUT2D eigenvalue weighted by Gasteiger charge is 2.31. The molecule has 1 saturated carbocycles. The fraction of sp³-hybridized carbons (Fsp3) is 0.455. The average molecular weight is 247 g/mol. The Balaban J connectivity index is 1.89. The third-order valence-corrected chi connectivity index (χ3v) is 2.49. The van der Waals surface area contributed by atoms with Gasteiger partial charge in [0.05, 0.1) is 0 Å².